The number of benzene rings is 6. The Labute approximate surface area is 323 Å². The Morgan fingerprint density at radius 2 is 1.22 bits per heavy atom. The zero-order valence-electron chi connectivity index (χ0n) is 28.6. The van der Waals surface area contributed by atoms with Gasteiger partial charge in [-0.25, -0.2) is 14.6 Å². The molecule has 13 heteroatoms. The van der Waals surface area contributed by atoms with Gasteiger partial charge in [-0.05, 0) is 83.9 Å². The van der Waals surface area contributed by atoms with Crippen molar-refractivity contribution in [1.29, 1.82) is 0 Å². The molecule has 1 aromatic heterocycles. The van der Waals surface area contributed by atoms with Crippen molar-refractivity contribution in [2.75, 3.05) is 5.32 Å². The van der Waals surface area contributed by atoms with Gasteiger partial charge in [-0.3, -0.25) is 4.79 Å². The summed E-state index contributed by atoms with van der Waals surface area (Å²) in [5.41, 5.74) is 3.95. The molecule has 0 aliphatic rings. The maximum Gasteiger partial charge on any atom is 0.335 e. The summed E-state index contributed by atoms with van der Waals surface area (Å²) in [5.74, 6) is -1.62. The molecule has 0 unspecified atom stereocenters. The maximum absolute atomic E-state index is 12.4. The summed E-state index contributed by atoms with van der Waals surface area (Å²) in [7, 11) is 0. The Morgan fingerprint density at radius 3 is 1.78 bits per heavy atom. The third-order valence-corrected chi connectivity index (χ3v) is 8.61. The van der Waals surface area contributed by atoms with E-state index >= 15 is 0 Å². The average Bonchev–Trinajstić information content (AvgIpc) is 3.61. The second-order valence-electron chi connectivity index (χ2n) is 11.8. The number of amides is 1. The number of rotatable bonds is 11. The van der Waals surface area contributed by atoms with Crippen LogP contribution in [-0.4, -0.2) is 38.1 Å². The number of halogens is 2. The minimum atomic E-state index is -1.18. The van der Waals surface area contributed by atoms with E-state index < -0.39 is 17.8 Å². The van der Waals surface area contributed by atoms with Gasteiger partial charge in [0.1, 0.15) is 36.0 Å². The van der Waals surface area contributed by atoms with E-state index in [0.29, 0.717) is 52.3 Å². The van der Waals surface area contributed by atoms with Crippen molar-refractivity contribution in [1.82, 2.24) is 4.98 Å². The van der Waals surface area contributed by atoms with Gasteiger partial charge in [-0.1, -0.05) is 83.9 Å². The number of hydrogen-bond acceptors (Lipinski definition) is 8. The molecule has 1 amide bonds. The lowest BCUT2D eigenvalue weighted by Gasteiger charge is -2.11. The fourth-order valence-electron chi connectivity index (χ4n) is 5.14. The number of carboxylic acid groups (broad SMARTS) is 2. The van der Waals surface area contributed by atoms with E-state index in [0.717, 1.165) is 17.2 Å². The van der Waals surface area contributed by atoms with Crippen LogP contribution in [0, 0.1) is 0 Å². The van der Waals surface area contributed by atoms with Gasteiger partial charge in [0.15, 0.2) is 5.58 Å². The van der Waals surface area contributed by atoms with E-state index in [9.17, 15) is 19.5 Å². The number of nitrogens with one attached hydrogen (secondary N) is 1. The van der Waals surface area contributed by atoms with Crippen LogP contribution in [0.5, 0.6) is 17.2 Å². The summed E-state index contributed by atoms with van der Waals surface area (Å²) in [6.45, 7) is 0.809. The summed E-state index contributed by atoms with van der Waals surface area (Å²) >= 11 is 12.6. The Hall–Kier alpha value is -6.82. The van der Waals surface area contributed by atoms with E-state index in [2.05, 4.69) is 10.3 Å². The van der Waals surface area contributed by atoms with Crippen LogP contribution in [0.4, 0.5) is 5.69 Å². The molecule has 0 aliphatic heterocycles. The van der Waals surface area contributed by atoms with Crippen LogP contribution < -0.4 is 14.8 Å². The number of aromatic hydroxyl groups is 1. The first-order valence-corrected chi connectivity index (χ1v) is 17.2. The number of nitrogens with zero attached hydrogens (tertiary/aromatic N) is 1. The summed E-state index contributed by atoms with van der Waals surface area (Å²) in [4.78, 5) is 38.8. The van der Waals surface area contributed by atoms with Crippen LogP contribution in [0.1, 0.15) is 42.2 Å². The fraction of sp³-hybridized carbons (Fsp3) is 0.0476. The molecule has 4 N–H and O–H groups in total. The topological polar surface area (TPSA) is 168 Å². The smallest absolute Gasteiger partial charge is 0.335 e. The number of carbonyl (C=O) groups excluding carboxylic acids is 1. The molecule has 276 valence electrons. The highest BCUT2D eigenvalue weighted by Gasteiger charge is 2.16. The highest BCUT2D eigenvalue weighted by Crippen LogP contribution is 2.33. The van der Waals surface area contributed by atoms with Crippen molar-refractivity contribution >= 4 is 57.8 Å². The highest BCUT2D eigenvalue weighted by atomic mass is 35.5. The quantitative estimate of drug-likeness (QED) is 0.0928. The van der Waals surface area contributed by atoms with Crippen molar-refractivity contribution in [3.8, 4) is 28.7 Å². The lowest BCUT2D eigenvalue weighted by molar-refractivity contribution is 0.0686. The highest BCUT2D eigenvalue weighted by molar-refractivity contribution is 6.34. The molecule has 1 heterocycles. The van der Waals surface area contributed by atoms with Gasteiger partial charge in [0.25, 0.3) is 5.91 Å². The molecule has 55 heavy (non-hydrogen) atoms. The van der Waals surface area contributed by atoms with E-state index in [1.807, 2.05) is 60.7 Å². The number of phenolic OH excluding ortho intramolecular Hbond substituents is 1. The van der Waals surface area contributed by atoms with Crippen molar-refractivity contribution in [3.05, 3.63) is 171 Å². The van der Waals surface area contributed by atoms with Crippen LogP contribution in [0.15, 0.2) is 138 Å². The summed E-state index contributed by atoms with van der Waals surface area (Å²) in [5, 5.41) is 31.0. The standard InChI is InChI=1S/C21H16ClNO5.C21H14ClNO4/c22-17-11-15(28-12-13-4-2-1-3-5-13)7-8-16(17)20(25)23-18-9-6-14(21(26)27)10-19(18)24;22-17-11-15(26-12-13-4-2-1-3-5-13)7-8-16(17)20-23-18-9-6-14(21(24)25)10-19(18)27-20/h1-11,24H,12H2,(H,23,25)(H,26,27);1-11H,12H2,(H,24,25). The molecule has 0 atom stereocenters. The number of carboxylic acids is 2. The molecule has 11 nitrogen and oxygen atoms in total. The second-order valence-corrected chi connectivity index (χ2v) is 12.6. The molecular formula is C42H30Cl2N2O9. The van der Waals surface area contributed by atoms with Gasteiger partial charge < -0.3 is 34.5 Å². The minimum Gasteiger partial charge on any atom is -0.506 e. The van der Waals surface area contributed by atoms with Gasteiger partial charge in [-0.2, -0.15) is 0 Å². The monoisotopic (exact) mass is 776 g/mol. The number of ether oxygens (including phenoxy) is 2. The predicted molar refractivity (Wildman–Crippen MR) is 207 cm³/mol. The van der Waals surface area contributed by atoms with Gasteiger partial charge in [0.2, 0.25) is 5.89 Å². The minimum absolute atomic E-state index is 0.0791. The van der Waals surface area contributed by atoms with Crippen molar-refractivity contribution < 1.29 is 43.6 Å². The summed E-state index contributed by atoms with van der Waals surface area (Å²) < 4.78 is 17.1. The number of aromatic nitrogens is 1. The first kappa shape index (κ1) is 37.9. The summed E-state index contributed by atoms with van der Waals surface area (Å²) in [6, 6.07) is 37.6. The Balaban J connectivity index is 0.000000187. The second kappa shape index (κ2) is 17.3. The number of hydrogen-bond donors (Lipinski definition) is 4. The SMILES string of the molecule is O=C(O)c1ccc(NC(=O)c2ccc(OCc3ccccc3)cc2Cl)c(O)c1.O=C(O)c1ccc2nc(-c3ccc(OCc4ccccc4)cc3Cl)oc2c1. The van der Waals surface area contributed by atoms with Crippen molar-refractivity contribution in [3.63, 3.8) is 0 Å². The van der Waals surface area contributed by atoms with E-state index in [1.54, 1.807) is 30.3 Å². The first-order chi connectivity index (χ1) is 26.5. The Bertz CT molecular complexity index is 2490. The molecule has 0 spiro atoms. The largest absolute Gasteiger partial charge is 0.506 e. The van der Waals surface area contributed by atoms with Gasteiger partial charge in [-0.15, -0.1) is 0 Å². The van der Waals surface area contributed by atoms with Crippen molar-refractivity contribution in [2.45, 2.75) is 13.2 Å². The van der Waals surface area contributed by atoms with Crippen molar-refractivity contribution in [2.24, 2.45) is 0 Å². The molecule has 0 aliphatic carbocycles. The maximum atomic E-state index is 12.4. The third kappa shape index (κ3) is 9.79. The Morgan fingerprint density at radius 1 is 0.655 bits per heavy atom. The van der Waals surface area contributed by atoms with Gasteiger partial charge in [0.05, 0.1) is 38.0 Å². The Kier molecular flexibility index (Phi) is 12.0. The molecule has 7 rings (SSSR count). The lowest BCUT2D eigenvalue weighted by atomic mass is 10.1. The first-order valence-electron chi connectivity index (χ1n) is 16.5. The number of carbonyl (C=O) groups is 3. The molecule has 0 radical (unpaired) electrons. The summed E-state index contributed by atoms with van der Waals surface area (Å²) in [6.07, 6.45) is 0. The molecule has 0 saturated carbocycles. The van der Waals surface area contributed by atoms with E-state index in [1.165, 1.54) is 36.4 Å². The van der Waals surface area contributed by atoms with Crippen LogP contribution in [0.2, 0.25) is 10.0 Å². The van der Waals surface area contributed by atoms with Crippen LogP contribution in [0.25, 0.3) is 22.6 Å². The zero-order chi connectivity index (χ0) is 38.9. The van der Waals surface area contributed by atoms with Gasteiger partial charge in [0, 0.05) is 0 Å². The normalized spacial score (nSPS) is 10.6. The average molecular weight is 778 g/mol. The van der Waals surface area contributed by atoms with Crippen LogP contribution >= 0.6 is 23.2 Å². The predicted octanol–water partition coefficient (Wildman–Crippen LogP) is 10.0. The molecule has 0 bridgehead atoms. The van der Waals surface area contributed by atoms with Crippen LogP contribution in [0.3, 0.4) is 0 Å². The zero-order valence-corrected chi connectivity index (χ0v) is 30.1. The number of anilines is 1. The molecule has 7 aromatic rings. The van der Waals surface area contributed by atoms with E-state index in [4.69, 9.17) is 47.3 Å². The molecule has 6 aromatic carbocycles. The number of phenols is 1. The lowest BCUT2D eigenvalue weighted by Crippen LogP contribution is -2.13. The number of fused-ring (bicyclic) bond motifs is 1. The molecule has 0 fully saturated rings. The number of aromatic carboxylic acids is 2. The molecule has 0 saturated heterocycles. The fourth-order valence-corrected chi connectivity index (χ4v) is 5.65. The number of oxazole rings is 1. The third-order valence-electron chi connectivity index (χ3n) is 7.98. The van der Waals surface area contributed by atoms with Crippen LogP contribution in [-0.2, 0) is 13.2 Å². The molecular weight excluding hydrogens is 747 g/mol. The van der Waals surface area contributed by atoms with E-state index in [-0.39, 0.29) is 33.1 Å². The van der Waals surface area contributed by atoms with Gasteiger partial charge >= 0.3 is 11.9 Å².